The fourth-order valence-corrected chi connectivity index (χ4v) is 7.89. The molecule has 2 bridgehead atoms. The van der Waals surface area contributed by atoms with Gasteiger partial charge in [-0.25, -0.2) is 0 Å². The van der Waals surface area contributed by atoms with E-state index in [0.717, 1.165) is 11.4 Å². The molecule has 3 saturated heterocycles. The molecule has 1 amide bonds. The number of nitrogens with one attached hydrogen (secondary N) is 1. The number of nitrogens with zero attached hydrogens (tertiary/aromatic N) is 1. The summed E-state index contributed by atoms with van der Waals surface area (Å²) in [5.74, 6) is 2.12. The van der Waals surface area contributed by atoms with Crippen molar-refractivity contribution in [3.05, 3.63) is 35.4 Å². The van der Waals surface area contributed by atoms with Crippen molar-refractivity contribution < 1.29 is 19.2 Å². The van der Waals surface area contributed by atoms with Crippen LogP contribution in [0.5, 0.6) is 5.75 Å². The molecule has 0 aromatic heterocycles. The van der Waals surface area contributed by atoms with Crippen molar-refractivity contribution in [2.75, 3.05) is 31.7 Å². The van der Waals surface area contributed by atoms with Crippen molar-refractivity contribution >= 4 is 11.6 Å². The number of fused-ring (bicyclic) bond motifs is 2. The average molecular weight is 365 g/mol. The summed E-state index contributed by atoms with van der Waals surface area (Å²) >= 11 is 0. The number of rotatable bonds is 1. The summed E-state index contributed by atoms with van der Waals surface area (Å²) in [5, 5.41) is 0. The lowest BCUT2D eigenvalue weighted by Gasteiger charge is -2.56. The maximum atomic E-state index is 13.3. The molecular formula is C22H25N2O3+. The minimum atomic E-state index is 0.0775. The second-order valence-electron chi connectivity index (χ2n) is 9.29. The second kappa shape index (κ2) is 4.76. The van der Waals surface area contributed by atoms with Gasteiger partial charge in [0.25, 0.3) is 0 Å². The lowest BCUT2D eigenvalue weighted by molar-refractivity contribution is -0.916. The number of carbonyl (C=O) groups is 1. The van der Waals surface area contributed by atoms with E-state index in [4.69, 9.17) is 9.47 Å². The molecule has 5 heterocycles. The minimum Gasteiger partial charge on any atom is -0.497 e. The summed E-state index contributed by atoms with van der Waals surface area (Å²) in [6.07, 6.45) is 5.39. The van der Waals surface area contributed by atoms with Gasteiger partial charge in [-0.15, -0.1) is 0 Å². The van der Waals surface area contributed by atoms with Crippen LogP contribution in [0, 0.1) is 11.8 Å². The molecule has 1 N–H and O–H groups in total. The van der Waals surface area contributed by atoms with Gasteiger partial charge in [-0.3, -0.25) is 4.79 Å². The fourth-order valence-electron chi connectivity index (χ4n) is 7.89. The van der Waals surface area contributed by atoms with Crippen LogP contribution >= 0.6 is 0 Å². The van der Waals surface area contributed by atoms with Crippen LogP contribution in [-0.2, 0) is 14.9 Å². The van der Waals surface area contributed by atoms with Gasteiger partial charge in [-0.05, 0) is 23.1 Å². The number of ether oxygens (including phenoxy) is 2. The number of hydrogen-bond acceptors (Lipinski definition) is 3. The van der Waals surface area contributed by atoms with E-state index in [1.54, 1.807) is 17.6 Å². The molecule has 4 fully saturated rings. The average Bonchev–Trinajstić information content (AvgIpc) is 3.15. The number of carbonyl (C=O) groups excluding carboxylic acids is 1. The number of quaternary nitrogens is 1. The van der Waals surface area contributed by atoms with Gasteiger partial charge in [0.1, 0.15) is 11.8 Å². The predicted molar refractivity (Wildman–Crippen MR) is 99.1 cm³/mol. The molecule has 27 heavy (non-hydrogen) atoms. The van der Waals surface area contributed by atoms with E-state index >= 15 is 0 Å². The smallest absolute Gasteiger partial charge is 0.229 e. The molecule has 7 atom stereocenters. The zero-order chi connectivity index (χ0) is 17.9. The molecule has 1 aromatic rings. The lowest BCUT2D eigenvalue weighted by Crippen LogP contribution is -3.16. The van der Waals surface area contributed by atoms with Crippen LogP contribution in [-0.4, -0.2) is 50.9 Å². The van der Waals surface area contributed by atoms with E-state index in [0.29, 0.717) is 30.9 Å². The van der Waals surface area contributed by atoms with Gasteiger partial charge >= 0.3 is 0 Å². The largest absolute Gasteiger partial charge is 0.497 e. The van der Waals surface area contributed by atoms with Crippen LogP contribution < -0.4 is 14.5 Å². The summed E-state index contributed by atoms with van der Waals surface area (Å²) in [4.78, 5) is 17.3. The van der Waals surface area contributed by atoms with Gasteiger partial charge in [-0.1, -0.05) is 12.1 Å². The second-order valence-corrected chi connectivity index (χ2v) is 9.29. The van der Waals surface area contributed by atoms with Gasteiger partial charge < -0.3 is 19.3 Å². The standard InChI is InChI=1S/C22H24N2O3/c1-26-13-2-3-15-16(8-13)24-19(25)10-17-20-14-9-18-22(15,21(20)24)5-6-23(18)11-12(14)4-7-27-17/h2-4,8,14,17-18,20-21H,5-7,9-11H2,1H3/p+1/t14-,17-,18-,20-,21-,22+/m0/s1. The maximum Gasteiger partial charge on any atom is 0.229 e. The number of anilines is 1. The molecule has 1 aromatic carbocycles. The summed E-state index contributed by atoms with van der Waals surface area (Å²) in [5.41, 5.74) is 4.22. The summed E-state index contributed by atoms with van der Waals surface area (Å²) < 4.78 is 11.8. The number of benzene rings is 1. The van der Waals surface area contributed by atoms with E-state index in [1.807, 2.05) is 0 Å². The van der Waals surface area contributed by atoms with Gasteiger partial charge in [0.2, 0.25) is 5.91 Å². The molecule has 5 aliphatic heterocycles. The Balaban J connectivity index is 1.52. The normalized spacial score (nSPS) is 45.3. The SMILES string of the molecule is COc1ccc2c(c1)N1C(=O)C[C@@H]3OCC=C4C[NH+]5CC[C@@]26[C@@H]1[C@H]3[C@H]4C[C@H]56. The summed E-state index contributed by atoms with van der Waals surface area (Å²) in [6, 6.07) is 7.35. The van der Waals surface area contributed by atoms with Crippen LogP contribution in [0.3, 0.4) is 0 Å². The van der Waals surface area contributed by atoms with E-state index < -0.39 is 0 Å². The number of piperidine rings is 2. The van der Waals surface area contributed by atoms with Crippen molar-refractivity contribution in [1.82, 2.24) is 0 Å². The van der Waals surface area contributed by atoms with Gasteiger partial charge in [0, 0.05) is 24.8 Å². The van der Waals surface area contributed by atoms with E-state index in [-0.39, 0.29) is 23.5 Å². The van der Waals surface area contributed by atoms with E-state index in [2.05, 4.69) is 29.2 Å². The number of hydrogen-bond donors (Lipinski definition) is 1. The summed E-state index contributed by atoms with van der Waals surface area (Å²) in [7, 11) is 1.71. The van der Waals surface area contributed by atoms with Gasteiger partial charge in [0.05, 0.1) is 56.5 Å². The van der Waals surface area contributed by atoms with E-state index in [1.165, 1.54) is 31.5 Å². The highest BCUT2D eigenvalue weighted by molar-refractivity contribution is 5.99. The Morgan fingerprint density at radius 2 is 2.30 bits per heavy atom. The number of amides is 1. The van der Waals surface area contributed by atoms with Crippen molar-refractivity contribution in [3.8, 4) is 5.75 Å². The first-order chi connectivity index (χ1) is 13.2. The quantitative estimate of drug-likeness (QED) is 0.745. The molecule has 7 rings (SSSR count). The predicted octanol–water partition coefficient (Wildman–Crippen LogP) is 0.684. The van der Waals surface area contributed by atoms with Crippen LogP contribution in [0.15, 0.2) is 29.8 Å². The maximum absolute atomic E-state index is 13.3. The molecule has 5 heteroatoms. The Morgan fingerprint density at radius 1 is 1.37 bits per heavy atom. The van der Waals surface area contributed by atoms with Crippen molar-refractivity contribution in [2.45, 2.75) is 42.9 Å². The highest BCUT2D eigenvalue weighted by Crippen LogP contribution is 2.62. The Hall–Kier alpha value is -1.85. The highest BCUT2D eigenvalue weighted by Gasteiger charge is 2.73. The zero-order valence-electron chi connectivity index (χ0n) is 15.6. The van der Waals surface area contributed by atoms with Crippen LogP contribution in [0.2, 0.25) is 0 Å². The third-order valence-corrected chi connectivity index (χ3v) is 8.70. The Labute approximate surface area is 158 Å². The van der Waals surface area contributed by atoms with E-state index in [9.17, 15) is 4.79 Å². The van der Waals surface area contributed by atoms with Gasteiger partial charge in [-0.2, -0.15) is 0 Å². The highest BCUT2D eigenvalue weighted by atomic mass is 16.5. The molecule has 1 aliphatic carbocycles. The Kier molecular flexibility index (Phi) is 2.66. The van der Waals surface area contributed by atoms with Crippen LogP contribution in [0.1, 0.15) is 24.8 Å². The lowest BCUT2D eigenvalue weighted by atomic mass is 9.53. The first-order valence-electron chi connectivity index (χ1n) is 10.4. The fraction of sp³-hybridized carbons (Fsp3) is 0.591. The molecule has 0 radical (unpaired) electrons. The topological polar surface area (TPSA) is 43.2 Å². The molecule has 1 unspecified atom stereocenters. The van der Waals surface area contributed by atoms with Crippen molar-refractivity contribution in [2.24, 2.45) is 11.8 Å². The minimum absolute atomic E-state index is 0.0775. The molecular weight excluding hydrogens is 340 g/mol. The molecule has 6 aliphatic rings. The van der Waals surface area contributed by atoms with Crippen molar-refractivity contribution in [1.29, 1.82) is 0 Å². The van der Waals surface area contributed by atoms with Crippen molar-refractivity contribution in [3.63, 3.8) is 0 Å². The first-order valence-corrected chi connectivity index (χ1v) is 10.4. The Bertz CT molecular complexity index is 911. The van der Waals surface area contributed by atoms with Crippen LogP contribution in [0.4, 0.5) is 5.69 Å². The molecule has 1 spiro atoms. The molecule has 140 valence electrons. The third-order valence-electron chi connectivity index (χ3n) is 8.70. The molecule has 1 saturated carbocycles. The monoisotopic (exact) mass is 365 g/mol. The molecule has 5 nitrogen and oxygen atoms in total. The Morgan fingerprint density at radius 3 is 3.19 bits per heavy atom. The third kappa shape index (κ3) is 1.56. The number of methoxy groups -OCH3 is 1. The van der Waals surface area contributed by atoms with Gasteiger partial charge in [0.15, 0.2) is 0 Å². The van der Waals surface area contributed by atoms with Crippen LogP contribution in [0.25, 0.3) is 0 Å². The summed E-state index contributed by atoms with van der Waals surface area (Å²) in [6.45, 7) is 3.07. The zero-order valence-corrected chi connectivity index (χ0v) is 15.6. The first kappa shape index (κ1) is 15.1.